The normalized spacial score (nSPS) is 15.2. The molecule has 24 heavy (non-hydrogen) atoms. The van der Waals surface area contributed by atoms with E-state index in [9.17, 15) is 14.4 Å². The summed E-state index contributed by atoms with van der Waals surface area (Å²) in [6, 6.07) is 1.60. The molecule has 1 aliphatic heterocycles. The second kappa shape index (κ2) is 8.52. The van der Waals surface area contributed by atoms with Crippen molar-refractivity contribution >= 4 is 17.8 Å². The summed E-state index contributed by atoms with van der Waals surface area (Å²) < 4.78 is 10.1. The Balaban J connectivity index is 1.69. The van der Waals surface area contributed by atoms with E-state index in [0.717, 1.165) is 0 Å². The average molecular weight is 336 g/mol. The smallest absolute Gasteiger partial charge is 0.309 e. The third kappa shape index (κ3) is 4.59. The van der Waals surface area contributed by atoms with Crippen molar-refractivity contribution in [2.45, 2.75) is 33.1 Å². The van der Waals surface area contributed by atoms with Crippen molar-refractivity contribution in [3.05, 3.63) is 23.7 Å². The van der Waals surface area contributed by atoms with Gasteiger partial charge in [0.15, 0.2) is 0 Å². The van der Waals surface area contributed by atoms with E-state index in [4.69, 9.17) is 9.15 Å². The van der Waals surface area contributed by atoms with Gasteiger partial charge in [-0.2, -0.15) is 0 Å². The van der Waals surface area contributed by atoms with Gasteiger partial charge in [0.2, 0.25) is 5.91 Å². The number of carbonyl (C=O) groups excluding carboxylic acids is 3. The van der Waals surface area contributed by atoms with E-state index >= 15 is 0 Å². The highest BCUT2D eigenvalue weighted by Crippen LogP contribution is 2.19. The molecule has 0 saturated carbocycles. The summed E-state index contributed by atoms with van der Waals surface area (Å²) in [6.07, 6.45) is 2.96. The van der Waals surface area contributed by atoms with Crippen LogP contribution >= 0.6 is 0 Å². The number of rotatable bonds is 6. The van der Waals surface area contributed by atoms with E-state index in [1.54, 1.807) is 24.8 Å². The number of aryl methyl sites for hydroxylation is 1. The van der Waals surface area contributed by atoms with Crippen LogP contribution in [0.1, 0.15) is 42.3 Å². The summed E-state index contributed by atoms with van der Waals surface area (Å²) in [5, 5.41) is 2.72. The Hall–Kier alpha value is -2.31. The summed E-state index contributed by atoms with van der Waals surface area (Å²) in [5.41, 5.74) is 0.484. The zero-order chi connectivity index (χ0) is 17.5. The maximum atomic E-state index is 12.2. The lowest BCUT2D eigenvalue weighted by molar-refractivity contribution is -0.151. The molecule has 0 unspecified atom stereocenters. The Morgan fingerprint density at radius 3 is 2.62 bits per heavy atom. The third-order valence-corrected chi connectivity index (χ3v) is 4.20. The van der Waals surface area contributed by atoms with Crippen LogP contribution in [-0.2, 0) is 14.3 Å². The summed E-state index contributed by atoms with van der Waals surface area (Å²) >= 11 is 0. The van der Waals surface area contributed by atoms with E-state index in [-0.39, 0.29) is 36.7 Å². The van der Waals surface area contributed by atoms with Gasteiger partial charge >= 0.3 is 5.97 Å². The molecule has 7 heteroatoms. The molecule has 1 N–H and O–H groups in total. The van der Waals surface area contributed by atoms with Crippen LogP contribution in [0, 0.1) is 12.8 Å². The molecule has 2 amide bonds. The quantitative estimate of drug-likeness (QED) is 0.796. The van der Waals surface area contributed by atoms with Crippen LogP contribution in [0.15, 0.2) is 16.7 Å². The molecular formula is C17H24N2O5. The molecule has 1 aliphatic rings. The number of hydrogen-bond acceptors (Lipinski definition) is 5. The van der Waals surface area contributed by atoms with Gasteiger partial charge in [-0.3, -0.25) is 14.4 Å². The van der Waals surface area contributed by atoms with E-state index in [0.29, 0.717) is 43.9 Å². The highest BCUT2D eigenvalue weighted by atomic mass is 16.5. The topological polar surface area (TPSA) is 88.9 Å². The molecule has 1 aromatic rings. The van der Waals surface area contributed by atoms with Gasteiger partial charge < -0.3 is 19.4 Å². The molecule has 0 radical (unpaired) electrons. The summed E-state index contributed by atoms with van der Waals surface area (Å²) in [4.78, 5) is 37.5. The number of likely N-dealkylation sites (tertiary alicyclic amines) is 1. The fourth-order valence-corrected chi connectivity index (χ4v) is 2.78. The first kappa shape index (κ1) is 18.0. The second-order valence-electron chi connectivity index (χ2n) is 5.80. The first-order chi connectivity index (χ1) is 11.5. The van der Waals surface area contributed by atoms with E-state index in [1.165, 1.54) is 6.26 Å². The number of hydrogen-bond donors (Lipinski definition) is 1. The Bertz CT molecular complexity index is 588. The van der Waals surface area contributed by atoms with Crippen molar-refractivity contribution in [3.8, 4) is 0 Å². The lowest BCUT2D eigenvalue weighted by Crippen LogP contribution is -2.41. The lowest BCUT2D eigenvalue weighted by Gasteiger charge is -2.31. The van der Waals surface area contributed by atoms with Crippen LogP contribution < -0.4 is 5.32 Å². The number of nitrogens with one attached hydrogen (secondary N) is 1. The number of furan rings is 1. The molecule has 0 bridgehead atoms. The zero-order valence-electron chi connectivity index (χ0n) is 14.2. The van der Waals surface area contributed by atoms with Crippen LogP contribution in [0.2, 0.25) is 0 Å². The van der Waals surface area contributed by atoms with Gasteiger partial charge in [-0.05, 0) is 32.8 Å². The summed E-state index contributed by atoms with van der Waals surface area (Å²) in [6.45, 7) is 5.27. The highest BCUT2D eigenvalue weighted by molar-refractivity contribution is 5.95. The minimum absolute atomic E-state index is 0.0125. The Morgan fingerprint density at radius 2 is 2.04 bits per heavy atom. The van der Waals surface area contributed by atoms with Crippen LogP contribution in [-0.4, -0.2) is 48.9 Å². The van der Waals surface area contributed by atoms with Crippen molar-refractivity contribution in [2.75, 3.05) is 26.2 Å². The van der Waals surface area contributed by atoms with Gasteiger partial charge in [0, 0.05) is 26.1 Å². The van der Waals surface area contributed by atoms with Gasteiger partial charge in [-0.15, -0.1) is 0 Å². The van der Waals surface area contributed by atoms with Crippen molar-refractivity contribution in [1.29, 1.82) is 0 Å². The van der Waals surface area contributed by atoms with Crippen LogP contribution in [0.25, 0.3) is 0 Å². The maximum Gasteiger partial charge on any atom is 0.309 e. The minimum atomic E-state index is -0.241. The van der Waals surface area contributed by atoms with E-state index in [1.807, 2.05) is 0 Å². The van der Waals surface area contributed by atoms with Gasteiger partial charge in [0.05, 0.1) is 24.4 Å². The summed E-state index contributed by atoms with van der Waals surface area (Å²) in [5.74, 6) is 0.0153. The van der Waals surface area contributed by atoms with Crippen molar-refractivity contribution in [1.82, 2.24) is 10.2 Å². The minimum Gasteiger partial charge on any atom is -0.469 e. The number of carbonyl (C=O) groups is 3. The lowest BCUT2D eigenvalue weighted by atomic mass is 9.97. The van der Waals surface area contributed by atoms with Crippen LogP contribution in [0.3, 0.4) is 0 Å². The first-order valence-electron chi connectivity index (χ1n) is 8.29. The first-order valence-corrected chi connectivity index (χ1v) is 8.29. The van der Waals surface area contributed by atoms with Gasteiger partial charge in [0.1, 0.15) is 5.76 Å². The SMILES string of the molecule is CCOC(=O)C1CCN(C(=O)CCNC(=O)c2ccoc2C)CC1. The fraction of sp³-hybridized carbons (Fsp3) is 0.588. The predicted octanol–water partition coefficient (Wildman–Crippen LogP) is 1.51. The molecule has 0 aromatic carbocycles. The number of amides is 2. The second-order valence-corrected chi connectivity index (χ2v) is 5.80. The Kier molecular flexibility index (Phi) is 6.40. The van der Waals surface area contributed by atoms with Gasteiger partial charge in [0.25, 0.3) is 5.91 Å². The Morgan fingerprint density at radius 1 is 1.33 bits per heavy atom. The molecule has 0 atom stereocenters. The largest absolute Gasteiger partial charge is 0.469 e. The van der Waals surface area contributed by atoms with E-state index in [2.05, 4.69) is 5.32 Å². The number of ether oxygens (including phenoxy) is 1. The van der Waals surface area contributed by atoms with Crippen molar-refractivity contribution in [3.63, 3.8) is 0 Å². The molecule has 1 saturated heterocycles. The summed E-state index contributed by atoms with van der Waals surface area (Å²) in [7, 11) is 0. The molecule has 1 fully saturated rings. The zero-order valence-corrected chi connectivity index (χ0v) is 14.2. The molecule has 1 aromatic heterocycles. The van der Waals surface area contributed by atoms with Crippen LogP contribution in [0.4, 0.5) is 0 Å². The molecule has 0 spiro atoms. The molecule has 0 aliphatic carbocycles. The molecule has 7 nitrogen and oxygen atoms in total. The standard InChI is InChI=1S/C17H24N2O5/c1-3-23-17(22)13-5-9-19(10-6-13)15(20)4-8-18-16(21)14-7-11-24-12(14)2/h7,11,13H,3-6,8-10H2,1-2H3,(H,18,21). The molecule has 2 heterocycles. The molecule has 132 valence electrons. The van der Waals surface area contributed by atoms with E-state index < -0.39 is 0 Å². The van der Waals surface area contributed by atoms with Crippen molar-refractivity contribution < 1.29 is 23.5 Å². The number of nitrogens with zero attached hydrogens (tertiary/aromatic N) is 1. The predicted molar refractivity (Wildman–Crippen MR) is 86.3 cm³/mol. The monoisotopic (exact) mass is 336 g/mol. The maximum absolute atomic E-state index is 12.2. The number of esters is 1. The highest BCUT2D eigenvalue weighted by Gasteiger charge is 2.27. The van der Waals surface area contributed by atoms with Gasteiger partial charge in [-0.1, -0.05) is 0 Å². The molecular weight excluding hydrogens is 312 g/mol. The third-order valence-electron chi connectivity index (χ3n) is 4.20. The number of piperidine rings is 1. The Labute approximate surface area is 141 Å². The fourth-order valence-electron chi connectivity index (χ4n) is 2.78. The molecule has 2 rings (SSSR count). The van der Waals surface area contributed by atoms with Gasteiger partial charge in [-0.25, -0.2) is 0 Å². The average Bonchev–Trinajstić information content (AvgIpc) is 3.01. The van der Waals surface area contributed by atoms with Crippen molar-refractivity contribution in [2.24, 2.45) is 5.92 Å². The van der Waals surface area contributed by atoms with Crippen LogP contribution in [0.5, 0.6) is 0 Å².